The monoisotopic (exact) mass is 362 g/mol. The zero-order chi connectivity index (χ0) is 12.5. The molecule has 0 atom stereocenters. The van der Waals surface area contributed by atoms with E-state index in [9.17, 15) is 0 Å². The molecule has 0 saturated carbocycles. The topological polar surface area (TPSA) is 53.6 Å². The van der Waals surface area contributed by atoms with E-state index in [4.69, 9.17) is 5.73 Å². The van der Waals surface area contributed by atoms with Crippen LogP contribution in [-0.4, -0.2) is 32.6 Å². The van der Waals surface area contributed by atoms with Crippen molar-refractivity contribution in [3.8, 4) is 0 Å². The van der Waals surface area contributed by atoms with Crippen LogP contribution in [0.4, 0.5) is 5.69 Å². The fourth-order valence-electron chi connectivity index (χ4n) is 1.45. The molecule has 1 aromatic carbocycles. The Morgan fingerprint density at radius 2 is 2.00 bits per heavy atom. The minimum Gasteiger partial charge on any atom is -0.373 e. The summed E-state index contributed by atoms with van der Waals surface area (Å²) in [6, 6.07) is 10.3. The maximum Gasteiger partial charge on any atom is 0.188 e. The second-order valence-electron chi connectivity index (χ2n) is 3.95. The summed E-state index contributed by atoms with van der Waals surface area (Å²) >= 11 is 0. The Labute approximate surface area is 127 Å². The van der Waals surface area contributed by atoms with Gasteiger partial charge in [0.25, 0.3) is 0 Å². The van der Waals surface area contributed by atoms with E-state index in [1.165, 1.54) is 5.69 Å². The summed E-state index contributed by atoms with van der Waals surface area (Å²) in [5, 5.41) is 3.10. The van der Waals surface area contributed by atoms with Crippen LogP contribution in [0.5, 0.6) is 0 Å². The first kappa shape index (κ1) is 17.0. The van der Waals surface area contributed by atoms with Gasteiger partial charge in [-0.3, -0.25) is 4.99 Å². The lowest BCUT2D eigenvalue weighted by Gasteiger charge is -2.19. The van der Waals surface area contributed by atoms with Crippen LogP contribution in [0.3, 0.4) is 0 Å². The quantitative estimate of drug-likeness (QED) is 0.463. The standard InChI is InChI=1S/C13H22N4.HI/c1-3-9-15-13(14)16-10-11-17(2)12-7-5-4-6-8-12;/h4-8H,3,9-11H2,1-2H3,(H3,14,15,16);1H. The molecular weight excluding hydrogens is 339 g/mol. The van der Waals surface area contributed by atoms with Crippen LogP contribution in [0.2, 0.25) is 0 Å². The van der Waals surface area contributed by atoms with Crippen LogP contribution < -0.4 is 16.0 Å². The molecule has 0 bridgehead atoms. The van der Waals surface area contributed by atoms with Gasteiger partial charge in [-0.1, -0.05) is 25.1 Å². The maximum absolute atomic E-state index is 5.71. The maximum atomic E-state index is 5.71. The van der Waals surface area contributed by atoms with Crippen molar-refractivity contribution < 1.29 is 0 Å². The number of para-hydroxylation sites is 1. The molecule has 18 heavy (non-hydrogen) atoms. The average molecular weight is 362 g/mol. The van der Waals surface area contributed by atoms with Gasteiger partial charge in [0, 0.05) is 32.4 Å². The predicted molar refractivity (Wildman–Crippen MR) is 89.9 cm³/mol. The van der Waals surface area contributed by atoms with Crippen molar-refractivity contribution in [1.29, 1.82) is 0 Å². The van der Waals surface area contributed by atoms with E-state index in [0.29, 0.717) is 5.96 Å². The summed E-state index contributed by atoms with van der Waals surface area (Å²) in [6.45, 7) is 4.56. The lowest BCUT2D eigenvalue weighted by molar-refractivity contribution is 0.808. The first-order valence-electron chi connectivity index (χ1n) is 6.04. The van der Waals surface area contributed by atoms with Gasteiger partial charge in [-0.2, -0.15) is 0 Å². The van der Waals surface area contributed by atoms with E-state index in [-0.39, 0.29) is 24.0 Å². The summed E-state index contributed by atoms with van der Waals surface area (Å²) in [6.07, 6.45) is 1.02. The highest BCUT2D eigenvalue weighted by atomic mass is 127. The number of nitrogens with zero attached hydrogens (tertiary/aromatic N) is 2. The van der Waals surface area contributed by atoms with Gasteiger partial charge in [-0.25, -0.2) is 0 Å². The average Bonchev–Trinajstić information content (AvgIpc) is 2.37. The molecule has 0 aliphatic heterocycles. The van der Waals surface area contributed by atoms with Gasteiger partial charge in [0.2, 0.25) is 0 Å². The normalized spacial score (nSPS) is 10.7. The molecule has 5 heteroatoms. The molecule has 0 radical (unpaired) electrons. The van der Waals surface area contributed by atoms with E-state index >= 15 is 0 Å². The van der Waals surface area contributed by atoms with Crippen LogP contribution in [0, 0.1) is 0 Å². The van der Waals surface area contributed by atoms with Gasteiger partial charge in [0.05, 0.1) is 0 Å². The molecule has 1 rings (SSSR count). The summed E-state index contributed by atoms with van der Waals surface area (Å²) in [5.41, 5.74) is 6.91. The zero-order valence-corrected chi connectivity index (χ0v) is 13.4. The number of hydrogen-bond donors (Lipinski definition) is 2. The lowest BCUT2D eigenvalue weighted by Crippen LogP contribution is -2.37. The molecule has 0 aromatic heterocycles. The van der Waals surface area contributed by atoms with Crippen molar-refractivity contribution in [3.63, 3.8) is 0 Å². The summed E-state index contributed by atoms with van der Waals surface area (Å²) in [4.78, 5) is 6.36. The number of rotatable bonds is 6. The first-order valence-corrected chi connectivity index (χ1v) is 6.04. The van der Waals surface area contributed by atoms with Gasteiger partial charge in [-0.15, -0.1) is 24.0 Å². The van der Waals surface area contributed by atoms with Crippen LogP contribution >= 0.6 is 24.0 Å². The van der Waals surface area contributed by atoms with Crippen LogP contribution in [0.1, 0.15) is 13.3 Å². The molecule has 3 N–H and O–H groups in total. The van der Waals surface area contributed by atoms with Gasteiger partial charge >= 0.3 is 0 Å². The van der Waals surface area contributed by atoms with Gasteiger partial charge in [0.15, 0.2) is 5.96 Å². The van der Waals surface area contributed by atoms with Crippen molar-refractivity contribution in [2.24, 2.45) is 10.7 Å². The largest absolute Gasteiger partial charge is 0.373 e. The highest BCUT2D eigenvalue weighted by Gasteiger charge is 1.99. The smallest absolute Gasteiger partial charge is 0.188 e. The molecule has 0 amide bonds. The molecule has 0 aliphatic rings. The third-order valence-corrected chi connectivity index (χ3v) is 2.46. The molecule has 0 fully saturated rings. The highest BCUT2D eigenvalue weighted by molar-refractivity contribution is 14.0. The van der Waals surface area contributed by atoms with Gasteiger partial charge < -0.3 is 16.0 Å². The Hall–Kier alpha value is -0.980. The van der Waals surface area contributed by atoms with Crippen molar-refractivity contribution in [1.82, 2.24) is 5.32 Å². The van der Waals surface area contributed by atoms with E-state index in [2.05, 4.69) is 41.3 Å². The Bertz CT molecular complexity index is 340. The zero-order valence-electron chi connectivity index (χ0n) is 11.1. The molecule has 0 heterocycles. The van der Waals surface area contributed by atoms with Crippen LogP contribution in [0.25, 0.3) is 0 Å². The lowest BCUT2D eigenvalue weighted by atomic mass is 10.3. The highest BCUT2D eigenvalue weighted by Crippen LogP contribution is 2.09. The SMILES string of the molecule is CCCN=C(N)NCCN(C)c1ccccc1.I. The Balaban J connectivity index is 0.00000289. The third kappa shape index (κ3) is 6.68. The Morgan fingerprint density at radius 3 is 2.61 bits per heavy atom. The molecule has 0 aliphatic carbocycles. The molecule has 0 spiro atoms. The van der Waals surface area contributed by atoms with Gasteiger partial charge in [0.1, 0.15) is 0 Å². The minimum absolute atomic E-state index is 0. The molecule has 102 valence electrons. The molecule has 1 aromatic rings. The first-order chi connectivity index (χ1) is 8.24. The van der Waals surface area contributed by atoms with Crippen molar-refractivity contribution >= 4 is 35.6 Å². The van der Waals surface area contributed by atoms with Crippen LogP contribution in [0.15, 0.2) is 35.3 Å². The Morgan fingerprint density at radius 1 is 1.33 bits per heavy atom. The summed E-state index contributed by atoms with van der Waals surface area (Å²) in [5.74, 6) is 0.535. The van der Waals surface area contributed by atoms with Crippen molar-refractivity contribution in [3.05, 3.63) is 30.3 Å². The van der Waals surface area contributed by atoms with Crippen molar-refractivity contribution in [2.45, 2.75) is 13.3 Å². The van der Waals surface area contributed by atoms with Crippen LogP contribution in [-0.2, 0) is 0 Å². The van der Waals surface area contributed by atoms with E-state index in [1.54, 1.807) is 0 Å². The number of hydrogen-bond acceptors (Lipinski definition) is 2. The fraction of sp³-hybridized carbons (Fsp3) is 0.462. The van der Waals surface area contributed by atoms with E-state index in [0.717, 1.165) is 26.1 Å². The summed E-state index contributed by atoms with van der Waals surface area (Å²) < 4.78 is 0. The number of nitrogens with two attached hydrogens (primary N) is 1. The van der Waals surface area contributed by atoms with E-state index < -0.39 is 0 Å². The number of halogens is 1. The number of likely N-dealkylation sites (N-methyl/N-ethyl adjacent to an activating group) is 1. The van der Waals surface area contributed by atoms with Gasteiger partial charge in [-0.05, 0) is 18.6 Å². The molecule has 4 nitrogen and oxygen atoms in total. The predicted octanol–water partition coefficient (Wildman–Crippen LogP) is 2.06. The molecule has 0 saturated heterocycles. The number of guanidine groups is 1. The fourth-order valence-corrected chi connectivity index (χ4v) is 1.45. The summed E-state index contributed by atoms with van der Waals surface area (Å²) in [7, 11) is 2.07. The Kier molecular flexibility index (Phi) is 9.45. The molecule has 0 unspecified atom stereocenters. The second-order valence-corrected chi connectivity index (χ2v) is 3.95. The number of nitrogens with one attached hydrogen (secondary N) is 1. The minimum atomic E-state index is 0. The number of benzene rings is 1. The van der Waals surface area contributed by atoms with E-state index in [1.807, 2.05) is 18.2 Å². The second kappa shape index (κ2) is 9.99. The molecular formula is C13H23IN4. The number of anilines is 1. The third-order valence-electron chi connectivity index (χ3n) is 2.46. The number of aliphatic imine (C=N–C) groups is 1. The van der Waals surface area contributed by atoms with Crippen molar-refractivity contribution in [2.75, 3.05) is 31.6 Å².